The molecule has 2 aliphatic rings. The largest absolute Gasteiger partial charge is 0.372 e. The molecule has 32 heavy (non-hydrogen) atoms. The van der Waals surface area contributed by atoms with E-state index in [9.17, 15) is 4.39 Å². The van der Waals surface area contributed by atoms with E-state index in [0.29, 0.717) is 24.5 Å². The van der Waals surface area contributed by atoms with Crippen molar-refractivity contribution in [1.29, 1.82) is 0 Å². The van der Waals surface area contributed by atoms with Crippen molar-refractivity contribution in [2.45, 2.75) is 44.3 Å². The molecule has 2 aromatic carbocycles. The molecule has 0 radical (unpaired) electrons. The Bertz CT molecular complexity index is 869. The Balaban J connectivity index is 1.46. The Morgan fingerprint density at radius 3 is 2.28 bits per heavy atom. The van der Waals surface area contributed by atoms with Crippen molar-refractivity contribution in [3.05, 3.63) is 65.0 Å². The summed E-state index contributed by atoms with van der Waals surface area (Å²) >= 11 is 0. The van der Waals surface area contributed by atoms with Crippen molar-refractivity contribution < 1.29 is 4.39 Å². The maximum absolute atomic E-state index is 14.4. The molecule has 0 N–H and O–H groups in total. The summed E-state index contributed by atoms with van der Waals surface area (Å²) in [7, 11) is 8.78. The van der Waals surface area contributed by atoms with Crippen LogP contribution >= 0.6 is 0 Å². The fourth-order valence-corrected chi connectivity index (χ4v) is 5.49. The summed E-state index contributed by atoms with van der Waals surface area (Å²) in [6.45, 7) is 6.96. The lowest BCUT2D eigenvalue weighted by atomic mass is 9.93. The first-order chi connectivity index (χ1) is 15.3. The molecule has 2 atom stereocenters. The van der Waals surface area contributed by atoms with E-state index in [-0.39, 0.29) is 5.82 Å². The zero-order chi connectivity index (χ0) is 22.8. The second-order valence-electron chi connectivity index (χ2n) is 10.1. The molecule has 2 aromatic rings. The zero-order valence-electron chi connectivity index (χ0n) is 20.4. The van der Waals surface area contributed by atoms with Gasteiger partial charge < -0.3 is 14.7 Å². The molecule has 0 unspecified atom stereocenters. The summed E-state index contributed by atoms with van der Waals surface area (Å²) in [5.41, 5.74) is 4.57. The lowest BCUT2D eigenvalue weighted by Crippen LogP contribution is -2.42. The minimum Gasteiger partial charge on any atom is -0.372 e. The van der Waals surface area contributed by atoms with Gasteiger partial charge in [0.1, 0.15) is 5.82 Å². The van der Waals surface area contributed by atoms with Gasteiger partial charge in [-0.2, -0.15) is 0 Å². The van der Waals surface area contributed by atoms with Crippen LogP contribution in [0.1, 0.15) is 35.4 Å². The van der Waals surface area contributed by atoms with Crippen molar-refractivity contribution >= 4 is 5.69 Å². The van der Waals surface area contributed by atoms with Gasteiger partial charge in [0.25, 0.3) is 0 Å². The van der Waals surface area contributed by atoms with E-state index >= 15 is 0 Å². The highest BCUT2D eigenvalue weighted by Crippen LogP contribution is 2.33. The predicted molar refractivity (Wildman–Crippen MR) is 132 cm³/mol. The second-order valence-corrected chi connectivity index (χ2v) is 10.1. The van der Waals surface area contributed by atoms with E-state index in [4.69, 9.17) is 0 Å². The number of hydrogen-bond acceptors (Lipinski definition) is 4. The number of rotatable bonds is 6. The number of halogens is 1. The smallest absolute Gasteiger partial charge is 0.127 e. The molecule has 2 aliphatic heterocycles. The summed E-state index contributed by atoms with van der Waals surface area (Å²) in [5.74, 6) is 0.343. The molecule has 0 spiro atoms. The summed E-state index contributed by atoms with van der Waals surface area (Å²) in [5, 5.41) is 0. The van der Waals surface area contributed by atoms with E-state index in [1.807, 2.05) is 13.0 Å². The summed E-state index contributed by atoms with van der Waals surface area (Å²) < 4.78 is 14.4. The van der Waals surface area contributed by atoms with Gasteiger partial charge in [0.05, 0.1) is 0 Å². The van der Waals surface area contributed by atoms with Crippen LogP contribution in [0, 0.1) is 12.7 Å². The van der Waals surface area contributed by atoms with Gasteiger partial charge in [-0.15, -0.1) is 0 Å². The van der Waals surface area contributed by atoms with Gasteiger partial charge in [-0.1, -0.05) is 24.3 Å². The zero-order valence-corrected chi connectivity index (χ0v) is 20.4. The molecule has 0 saturated carbocycles. The fraction of sp³-hybridized carbons (Fsp3) is 0.556. The van der Waals surface area contributed by atoms with Gasteiger partial charge in [0.2, 0.25) is 0 Å². The highest BCUT2D eigenvalue weighted by Gasteiger charge is 2.35. The van der Waals surface area contributed by atoms with E-state index in [0.717, 1.165) is 24.2 Å². The first-order valence-electron chi connectivity index (χ1n) is 12.0. The quantitative estimate of drug-likeness (QED) is 0.670. The van der Waals surface area contributed by atoms with E-state index in [1.54, 1.807) is 12.1 Å². The molecular weight excluding hydrogens is 399 g/mol. The molecule has 174 valence electrons. The van der Waals surface area contributed by atoms with Gasteiger partial charge in [-0.3, -0.25) is 4.90 Å². The SMILES string of the molecule is Cc1cccc(F)c1CN1C[C@H](c2ccc(N(C)C3CCN(C)CC3)cc2)[C@@H](N(C)C)C1. The van der Waals surface area contributed by atoms with Crippen molar-refractivity contribution in [3.63, 3.8) is 0 Å². The Kier molecular flexibility index (Phi) is 7.18. The Hall–Kier alpha value is -1.95. The lowest BCUT2D eigenvalue weighted by molar-refractivity contribution is 0.253. The Morgan fingerprint density at radius 1 is 0.969 bits per heavy atom. The highest BCUT2D eigenvalue weighted by molar-refractivity contribution is 5.49. The van der Waals surface area contributed by atoms with Crippen LogP contribution in [0.3, 0.4) is 0 Å². The van der Waals surface area contributed by atoms with E-state index < -0.39 is 0 Å². The Morgan fingerprint density at radius 2 is 1.66 bits per heavy atom. The molecule has 2 saturated heterocycles. The maximum atomic E-state index is 14.4. The third kappa shape index (κ3) is 5.00. The summed E-state index contributed by atoms with van der Waals surface area (Å²) in [6, 6.07) is 15.7. The number of piperidine rings is 1. The second kappa shape index (κ2) is 9.90. The van der Waals surface area contributed by atoms with Gasteiger partial charge in [-0.05, 0) is 83.3 Å². The van der Waals surface area contributed by atoms with Gasteiger partial charge >= 0.3 is 0 Å². The van der Waals surface area contributed by atoms with Gasteiger partial charge in [0, 0.05) is 55.9 Å². The minimum atomic E-state index is -0.0869. The molecule has 0 aliphatic carbocycles. The fourth-order valence-electron chi connectivity index (χ4n) is 5.49. The number of aryl methyl sites for hydroxylation is 1. The highest BCUT2D eigenvalue weighted by atomic mass is 19.1. The average molecular weight is 439 g/mol. The van der Waals surface area contributed by atoms with Crippen LogP contribution in [-0.2, 0) is 6.54 Å². The van der Waals surface area contributed by atoms with Crippen LogP contribution in [0.5, 0.6) is 0 Å². The van der Waals surface area contributed by atoms with E-state index in [2.05, 4.69) is 72.1 Å². The summed E-state index contributed by atoms with van der Waals surface area (Å²) in [4.78, 5) is 9.63. The van der Waals surface area contributed by atoms with Crippen molar-refractivity contribution in [1.82, 2.24) is 14.7 Å². The van der Waals surface area contributed by atoms with Crippen LogP contribution in [0.15, 0.2) is 42.5 Å². The predicted octanol–water partition coefficient (Wildman–Crippen LogP) is 4.19. The molecule has 0 aromatic heterocycles. The number of anilines is 1. The standard InChI is InChI=1S/C27H39FN4/c1-20-7-6-8-26(28)24(20)17-32-18-25(27(19-32)29(2)3)21-9-11-22(12-10-21)31(5)23-13-15-30(4)16-14-23/h6-12,23,25,27H,13-19H2,1-5H3/t25-,27+/m1/s1. The van der Waals surface area contributed by atoms with Crippen LogP contribution in [0.25, 0.3) is 0 Å². The average Bonchev–Trinajstić information content (AvgIpc) is 3.21. The van der Waals surface area contributed by atoms with Crippen LogP contribution in [-0.4, -0.2) is 81.2 Å². The normalized spacial score (nSPS) is 23.2. The van der Waals surface area contributed by atoms with Gasteiger partial charge in [0.15, 0.2) is 0 Å². The summed E-state index contributed by atoms with van der Waals surface area (Å²) in [6.07, 6.45) is 2.45. The third-order valence-electron chi connectivity index (χ3n) is 7.73. The molecule has 0 amide bonds. The first kappa shape index (κ1) is 23.2. The monoisotopic (exact) mass is 438 g/mol. The van der Waals surface area contributed by atoms with Crippen LogP contribution in [0.4, 0.5) is 10.1 Å². The minimum absolute atomic E-state index is 0.0869. The van der Waals surface area contributed by atoms with Crippen molar-refractivity contribution in [3.8, 4) is 0 Å². The molecule has 0 bridgehead atoms. The third-order valence-corrected chi connectivity index (χ3v) is 7.73. The number of likely N-dealkylation sites (N-methyl/N-ethyl adjacent to an activating group) is 1. The number of nitrogens with zero attached hydrogens (tertiary/aromatic N) is 4. The molecule has 5 heteroatoms. The molecule has 2 fully saturated rings. The number of benzene rings is 2. The topological polar surface area (TPSA) is 13.0 Å². The molecule has 4 nitrogen and oxygen atoms in total. The van der Waals surface area contributed by atoms with Gasteiger partial charge in [-0.25, -0.2) is 4.39 Å². The Labute approximate surface area is 193 Å². The molecular formula is C27H39FN4. The van der Waals surface area contributed by atoms with Crippen LogP contribution in [0.2, 0.25) is 0 Å². The molecule has 4 rings (SSSR count). The number of hydrogen-bond donors (Lipinski definition) is 0. The number of likely N-dealkylation sites (tertiary alicyclic amines) is 2. The lowest BCUT2D eigenvalue weighted by Gasteiger charge is -2.36. The van der Waals surface area contributed by atoms with Crippen molar-refractivity contribution in [2.75, 3.05) is 59.3 Å². The maximum Gasteiger partial charge on any atom is 0.127 e. The van der Waals surface area contributed by atoms with Crippen LogP contribution < -0.4 is 4.90 Å². The first-order valence-corrected chi connectivity index (χ1v) is 12.0. The molecule has 2 heterocycles. The van der Waals surface area contributed by atoms with E-state index in [1.165, 1.54) is 37.2 Å². The van der Waals surface area contributed by atoms with Crippen molar-refractivity contribution in [2.24, 2.45) is 0 Å².